The Hall–Kier alpha value is -2.68. The Morgan fingerprint density at radius 1 is 1.00 bits per heavy atom. The van der Waals surface area contributed by atoms with Crippen LogP contribution >= 0.6 is 0 Å². The van der Waals surface area contributed by atoms with Crippen LogP contribution in [-0.4, -0.2) is 15.8 Å². The van der Waals surface area contributed by atoms with Crippen molar-refractivity contribution < 1.29 is 0 Å². The quantitative estimate of drug-likeness (QED) is 0.659. The Kier molecular flexibility index (Phi) is 3.69. The van der Waals surface area contributed by atoms with E-state index in [1.54, 1.807) is 6.20 Å². The van der Waals surface area contributed by atoms with E-state index in [-0.39, 0.29) is 0 Å². The van der Waals surface area contributed by atoms with Crippen LogP contribution in [-0.2, 0) is 6.54 Å². The second kappa shape index (κ2) is 5.97. The zero-order valence-electron chi connectivity index (χ0n) is 11.1. The highest BCUT2D eigenvalue weighted by Crippen LogP contribution is 2.10. The molecule has 0 fully saturated rings. The maximum absolute atomic E-state index is 4.44. The van der Waals surface area contributed by atoms with Crippen LogP contribution in [0.15, 0.2) is 78.3 Å². The van der Waals surface area contributed by atoms with E-state index in [4.69, 9.17) is 0 Å². The van der Waals surface area contributed by atoms with E-state index >= 15 is 0 Å². The summed E-state index contributed by atoms with van der Waals surface area (Å²) >= 11 is 0. The molecule has 0 aliphatic carbocycles. The summed E-state index contributed by atoms with van der Waals surface area (Å²) in [5.41, 5.74) is 3.32. The van der Waals surface area contributed by atoms with Crippen molar-refractivity contribution in [3.05, 3.63) is 84.4 Å². The zero-order valence-corrected chi connectivity index (χ0v) is 11.1. The van der Waals surface area contributed by atoms with Crippen LogP contribution in [0.5, 0.6) is 0 Å². The van der Waals surface area contributed by atoms with Crippen molar-refractivity contribution in [3.63, 3.8) is 0 Å². The summed E-state index contributed by atoms with van der Waals surface area (Å²) in [5, 5.41) is 0. The maximum atomic E-state index is 4.44. The average Bonchev–Trinajstić information content (AvgIpc) is 3.01. The van der Waals surface area contributed by atoms with Crippen molar-refractivity contribution in [2.45, 2.75) is 6.54 Å². The zero-order chi connectivity index (χ0) is 13.6. The average molecular weight is 261 g/mol. The van der Waals surface area contributed by atoms with E-state index in [0.29, 0.717) is 0 Å². The molecular weight excluding hydrogens is 246 g/mol. The van der Waals surface area contributed by atoms with Crippen LogP contribution in [0.25, 0.3) is 0 Å². The van der Waals surface area contributed by atoms with Gasteiger partial charge < -0.3 is 4.57 Å². The van der Waals surface area contributed by atoms with Gasteiger partial charge in [0, 0.05) is 25.2 Å². The number of para-hydroxylation sites is 1. The Morgan fingerprint density at radius 2 is 1.80 bits per heavy atom. The third-order valence-corrected chi connectivity index (χ3v) is 3.02. The Balaban J connectivity index is 1.68. The minimum atomic E-state index is 0.843. The van der Waals surface area contributed by atoms with Gasteiger partial charge in [-0.1, -0.05) is 42.5 Å². The van der Waals surface area contributed by atoms with Crippen molar-refractivity contribution in [1.82, 2.24) is 9.55 Å². The first kappa shape index (κ1) is 12.4. The first-order valence-electron chi connectivity index (χ1n) is 6.54. The third-order valence-electron chi connectivity index (χ3n) is 3.02. The van der Waals surface area contributed by atoms with Crippen molar-refractivity contribution in [3.8, 4) is 0 Å². The van der Waals surface area contributed by atoms with E-state index in [1.165, 1.54) is 5.56 Å². The summed E-state index contributed by atoms with van der Waals surface area (Å²) in [6.45, 7) is 0.843. The number of aromatic nitrogens is 2. The van der Waals surface area contributed by atoms with Gasteiger partial charge in [0.25, 0.3) is 0 Å². The summed E-state index contributed by atoms with van der Waals surface area (Å²) in [5.74, 6) is 0. The van der Waals surface area contributed by atoms with Crippen LogP contribution in [0.2, 0.25) is 0 Å². The summed E-state index contributed by atoms with van der Waals surface area (Å²) in [7, 11) is 0. The molecule has 0 amide bonds. The van der Waals surface area contributed by atoms with Gasteiger partial charge in [0.05, 0.1) is 12.0 Å². The summed E-state index contributed by atoms with van der Waals surface area (Å²) in [6.07, 6.45) is 7.47. The molecule has 0 bridgehead atoms. The topological polar surface area (TPSA) is 30.2 Å². The standard InChI is InChI=1S/C17H15N3/c1-2-4-17(5-3-1)19-12-15-6-8-16(9-7-15)13-20-11-10-18-14-20/h1-12,14H,13H2/b19-12+. The Bertz CT molecular complexity index is 668. The number of aliphatic imine (C=N–C) groups is 1. The molecule has 3 rings (SSSR count). The number of rotatable bonds is 4. The van der Waals surface area contributed by atoms with E-state index < -0.39 is 0 Å². The van der Waals surface area contributed by atoms with Crippen LogP contribution in [0, 0.1) is 0 Å². The monoisotopic (exact) mass is 261 g/mol. The molecule has 1 aromatic heterocycles. The number of benzene rings is 2. The number of imidazole rings is 1. The summed E-state index contributed by atoms with van der Waals surface area (Å²) in [4.78, 5) is 8.48. The fourth-order valence-corrected chi connectivity index (χ4v) is 1.96. The lowest BCUT2D eigenvalue weighted by molar-refractivity contribution is 0.797. The van der Waals surface area contributed by atoms with Gasteiger partial charge >= 0.3 is 0 Å². The highest BCUT2D eigenvalue weighted by Gasteiger charge is 1.95. The van der Waals surface area contributed by atoms with Gasteiger partial charge in [0.1, 0.15) is 0 Å². The summed E-state index contributed by atoms with van der Waals surface area (Å²) in [6, 6.07) is 18.3. The van der Waals surface area contributed by atoms with Gasteiger partial charge in [-0.15, -0.1) is 0 Å². The predicted molar refractivity (Wildman–Crippen MR) is 81.5 cm³/mol. The molecule has 0 aliphatic heterocycles. The highest BCUT2D eigenvalue weighted by atomic mass is 15.0. The van der Waals surface area contributed by atoms with Gasteiger partial charge in [0.15, 0.2) is 0 Å². The van der Waals surface area contributed by atoms with Crippen molar-refractivity contribution >= 4 is 11.9 Å². The second-order valence-corrected chi connectivity index (χ2v) is 4.57. The number of hydrogen-bond donors (Lipinski definition) is 0. The lowest BCUT2D eigenvalue weighted by Gasteiger charge is -2.02. The van der Waals surface area contributed by atoms with Crippen LogP contribution < -0.4 is 0 Å². The van der Waals surface area contributed by atoms with E-state index in [1.807, 2.05) is 53.6 Å². The molecule has 3 heteroatoms. The molecule has 2 aromatic carbocycles. The van der Waals surface area contributed by atoms with Gasteiger partial charge in [-0.05, 0) is 23.3 Å². The SMILES string of the molecule is C(=N\c1ccccc1)/c1ccc(Cn2ccnc2)cc1. The van der Waals surface area contributed by atoms with Gasteiger partial charge in [-0.2, -0.15) is 0 Å². The largest absolute Gasteiger partial charge is 0.333 e. The first-order chi connectivity index (χ1) is 9.90. The second-order valence-electron chi connectivity index (χ2n) is 4.57. The number of hydrogen-bond acceptors (Lipinski definition) is 2. The maximum Gasteiger partial charge on any atom is 0.0949 e. The minimum absolute atomic E-state index is 0.843. The first-order valence-corrected chi connectivity index (χ1v) is 6.54. The van der Waals surface area contributed by atoms with E-state index in [2.05, 4.69) is 34.2 Å². The molecule has 3 nitrogen and oxygen atoms in total. The minimum Gasteiger partial charge on any atom is -0.333 e. The molecule has 0 unspecified atom stereocenters. The fourth-order valence-electron chi connectivity index (χ4n) is 1.96. The molecule has 0 atom stereocenters. The van der Waals surface area contributed by atoms with Gasteiger partial charge in [0.2, 0.25) is 0 Å². The molecule has 1 heterocycles. The van der Waals surface area contributed by atoms with Crippen molar-refractivity contribution in [2.24, 2.45) is 4.99 Å². The lowest BCUT2D eigenvalue weighted by Crippen LogP contribution is -1.96. The van der Waals surface area contributed by atoms with E-state index in [9.17, 15) is 0 Å². The van der Waals surface area contributed by atoms with Crippen LogP contribution in [0.4, 0.5) is 5.69 Å². The molecule has 0 N–H and O–H groups in total. The smallest absolute Gasteiger partial charge is 0.0949 e. The molecule has 20 heavy (non-hydrogen) atoms. The third kappa shape index (κ3) is 3.20. The van der Waals surface area contributed by atoms with Gasteiger partial charge in [-0.25, -0.2) is 4.98 Å². The Morgan fingerprint density at radius 3 is 2.50 bits per heavy atom. The molecule has 98 valence electrons. The highest BCUT2D eigenvalue weighted by molar-refractivity contribution is 5.81. The van der Waals surface area contributed by atoms with E-state index in [0.717, 1.165) is 17.8 Å². The summed E-state index contributed by atoms with van der Waals surface area (Å²) < 4.78 is 2.05. The number of nitrogens with zero attached hydrogens (tertiary/aromatic N) is 3. The normalized spacial score (nSPS) is 11.0. The van der Waals surface area contributed by atoms with Crippen molar-refractivity contribution in [1.29, 1.82) is 0 Å². The molecule has 0 radical (unpaired) electrons. The molecular formula is C17H15N3. The van der Waals surface area contributed by atoms with Crippen LogP contribution in [0.1, 0.15) is 11.1 Å². The fraction of sp³-hybridized carbons (Fsp3) is 0.0588. The predicted octanol–water partition coefficient (Wildman–Crippen LogP) is 3.68. The lowest BCUT2D eigenvalue weighted by atomic mass is 10.1. The Labute approximate surface area is 118 Å². The van der Waals surface area contributed by atoms with Gasteiger partial charge in [-0.3, -0.25) is 4.99 Å². The molecule has 0 saturated heterocycles. The van der Waals surface area contributed by atoms with Crippen molar-refractivity contribution in [2.75, 3.05) is 0 Å². The molecule has 0 aliphatic rings. The molecule has 0 saturated carbocycles. The van der Waals surface area contributed by atoms with Crippen LogP contribution in [0.3, 0.4) is 0 Å². The molecule has 0 spiro atoms. The molecule has 3 aromatic rings.